The lowest BCUT2D eigenvalue weighted by molar-refractivity contribution is 0.100. The van der Waals surface area contributed by atoms with E-state index in [0.717, 1.165) is 10.6 Å². The van der Waals surface area contributed by atoms with Gasteiger partial charge in [0.1, 0.15) is 0 Å². The van der Waals surface area contributed by atoms with Crippen molar-refractivity contribution in [2.24, 2.45) is 5.73 Å². The van der Waals surface area contributed by atoms with E-state index in [4.69, 9.17) is 11.0 Å². The molecule has 0 unspecified atom stereocenters. The number of thiophene rings is 1. The quantitative estimate of drug-likeness (QED) is 0.882. The molecule has 5 heteroatoms. The second-order valence-corrected chi connectivity index (χ2v) is 4.70. The number of hydrogen-bond donors (Lipinski definition) is 2. The molecule has 90 valence electrons. The van der Waals surface area contributed by atoms with Crippen molar-refractivity contribution in [2.45, 2.75) is 6.54 Å². The van der Waals surface area contributed by atoms with Crippen molar-refractivity contribution in [3.8, 4) is 6.07 Å². The molecule has 4 nitrogen and oxygen atoms in total. The smallest absolute Gasteiger partial charge is 0.249 e. The molecule has 0 atom stereocenters. The predicted molar refractivity (Wildman–Crippen MR) is 71.3 cm³/mol. The first-order valence-corrected chi connectivity index (χ1v) is 6.18. The number of benzene rings is 1. The molecule has 1 aromatic heterocycles. The SMILES string of the molecule is N#Cc1ccc(NCc2cc(C(N)=O)cs2)cc1. The summed E-state index contributed by atoms with van der Waals surface area (Å²) in [5.74, 6) is -0.407. The van der Waals surface area contributed by atoms with Crippen molar-refractivity contribution in [3.63, 3.8) is 0 Å². The summed E-state index contributed by atoms with van der Waals surface area (Å²) in [5.41, 5.74) is 7.29. The third-order valence-corrected chi connectivity index (χ3v) is 3.36. The van der Waals surface area contributed by atoms with Crippen LogP contribution in [0.3, 0.4) is 0 Å². The second-order valence-electron chi connectivity index (χ2n) is 3.71. The zero-order valence-corrected chi connectivity index (χ0v) is 10.3. The lowest BCUT2D eigenvalue weighted by Crippen LogP contribution is -2.09. The van der Waals surface area contributed by atoms with Crippen LogP contribution >= 0.6 is 11.3 Å². The number of hydrogen-bond acceptors (Lipinski definition) is 4. The monoisotopic (exact) mass is 257 g/mol. The summed E-state index contributed by atoms with van der Waals surface area (Å²) in [5, 5.41) is 13.6. The van der Waals surface area contributed by atoms with Gasteiger partial charge in [-0.1, -0.05) is 0 Å². The molecule has 0 spiro atoms. The maximum absolute atomic E-state index is 10.9. The summed E-state index contributed by atoms with van der Waals surface area (Å²) in [4.78, 5) is 12.0. The second kappa shape index (κ2) is 5.34. The fourth-order valence-corrected chi connectivity index (χ4v) is 2.27. The number of primary amides is 1. The van der Waals surface area contributed by atoms with E-state index in [1.165, 1.54) is 11.3 Å². The fraction of sp³-hybridized carbons (Fsp3) is 0.0769. The number of carbonyl (C=O) groups is 1. The Kier molecular flexibility index (Phi) is 3.60. The summed E-state index contributed by atoms with van der Waals surface area (Å²) >= 11 is 1.49. The number of nitrogens with one attached hydrogen (secondary N) is 1. The molecule has 18 heavy (non-hydrogen) atoms. The Morgan fingerprint density at radius 3 is 2.67 bits per heavy atom. The van der Waals surface area contributed by atoms with Crippen LogP contribution in [-0.2, 0) is 6.54 Å². The molecular formula is C13H11N3OS. The average molecular weight is 257 g/mol. The van der Waals surface area contributed by atoms with E-state index in [2.05, 4.69) is 11.4 Å². The minimum atomic E-state index is -0.407. The lowest BCUT2D eigenvalue weighted by atomic mass is 10.2. The molecule has 1 heterocycles. The molecule has 1 amide bonds. The van der Waals surface area contributed by atoms with E-state index < -0.39 is 5.91 Å². The molecule has 3 N–H and O–H groups in total. The molecule has 1 aromatic carbocycles. The first-order chi connectivity index (χ1) is 8.69. The van der Waals surface area contributed by atoms with Crippen LogP contribution in [0.2, 0.25) is 0 Å². The van der Waals surface area contributed by atoms with Crippen LogP contribution < -0.4 is 11.1 Å². The Balaban J connectivity index is 1.98. The number of rotatable bonds is 4. The topological polar surface area (TPSA) is 78.9 Å². The lowest BCUT2D eigenvalue weighted by Gasteiger charge is -2.04. The van der Waals surface area contributed by atoms with Crippen LogP contribution in [-0.4, -0.2) is 5.91 Å². The molecule has 0 fully saturated rings. The minimum Gasteiger partial charge on any atom is -0.380 e. The van der Waals surface area contributed by atoms with E-state index in [0.29, 0.717) is 17.7 Å². The normalized spacial score (nSPS) is 9.72. The molecule has 2 rings (SSSR count). The Bertz CT molecular complexity index is 595. The summed E-state index contributed by atoms with van der Waals surface area (Å²) < 4.78 is 0. The van der Waals surface area contributed by atoms with E-state index in [1.807, 2.05) is 12.1 Å². The Morgan fingerprint density at radius 1 is 1.39 bits per heavy atom. The first kappa shape index (κ1) is 12.1. The van der Waals surface area contributed by atoms with Gasteiger partial charge in [0.05, 0.1) is 17.2 Å². The van der Waals surface area contributed by atoms with E-state index in [9.17, 15) is 4.79 Å². The molecule has 2 aromatic rings. The van der Waals surface area contributed by atoms with Gasteiger partial charge < -0.3 is 11.1 Å². The molecule has 0 aliphatic rings. The average Bonchev–Trinajstić information content (AvgIpc) is 2.86. The van der Waals surface area contributed by atoms with Crippen LogP contribution in [0.5, 0.6) is 0 Å². The third kappa shape index (κ3) is 2.87. The first-order valence-electron chi connectivity index (χ1n) is 5.30. The van der Waals surface area contributed by atoms with Crippen molar-refractivity contribution in [3.05, 3.63) is 51.7 Å². The van der Waals surface area contributed by atoms with E-state index in [-0.39, 0.29) is 0 Å². The van der Waals surface area contributed by atoms with Crippen LogP contribution in [0.1, 0.15) is 20.8 Å². The molecular weight excluding hydrogens is 246 g/mol. The number of nitriles is 1. The van der Waals surface area contributed by atoms with Gasteiger partial charge in [0, 0.05) is 22.5 Å². The van der Waals surface area contributed by atoms with Crippen molar-refractivity contribution >= 4 is 22.9 Å². The largest absolute Gasteiger partial charge is 0.380 e. The van der Waals surface area contributed by atoms with Gasteiger partial charge in [-0.05, 0) is 30.3 Å². The Hall–Kier alpha value is -2.32. The molecule has 0 bridgehead atoms. The van der Waals surface area contributed by atoms with Crippen LogP contribution in [0, 0.1) is 11.3 Å². The van der Waals surface area contributed by atoms with Gasteiger partial charge in [-0.25, -0.2) is 0 Å². The minimum absolute atomic E-state index is 0.407. The summed E-state index contributed by atoms with van der Waals surface area (Å²) in [6.07, 6.45) is 0. The zero-order valence-electron chi connectivity index (χ0n) is 9.51. The highest BCUT2D eigenvalue weighted by atomic mass is 32.1. The highest BCUT2D eigenvalue weighted by Gasteiger charge is 2.04. The standard InChI is InChI=1S/C13H11N3OS/c14-6-9-1-3-11(4-2-9)16-7-12-5-10(8-18-12)13(15)17/h1-5,8,16H,7H2,(H2,15,17). The van der Waals surface area contributed by atoms with Crippen LogP contribution in [0.25, 0.3) is 0 Å². The number of anilines is 1. The van der Waals surface area contributed by atoms with E-state index >= 15 is 0 Å². The van der Waals surface area contributed by atoms with Crippen LogP contribution in [0.15, 0.2) is 35.7 Å². The highest BCUT2D eigenvalue weighted by Crippen LogP contribution is 2.16. The van der Waals surface area contributed by atoms with Crippen molar-refractivity contribution in [1.29, 1.82) is 5.26 Å². The zero-order chi connectivity index (χ0) is 13.0. The van der Waals surface area contributed by atoms with Gasteiger partial charge in [0.25, 0.3) is 0 Å². The maximum Gasteiger partial charge on any atom is 0.249 e. The van der Waals surface area contributed by atoms with Crippen molar-refractivity contribution in [1.82, 2.24) is 0 Å². The Morgan fingerprint density at radius 2 is 2.11 bits per heavy atom. The number of nitrogens with zero attached hydrogens (tertiary/aromatic N) is 1. The van der Waals surface area contributed by atoms with Gasteiger partial charge >= 0.3 is 0 Å². The van der Waals surface area contributed by atoms with Gasteiger partial charge in [-0.2, -0.15) is 5.26 Å². The van der Waals surface area contributed by atoms with Gasteiger partial charge in [0.15, 0.2) is 0 Å². The van der Waals surface area contributed by atoms with Gasteiger partial charge in [-0.15, -0.1) is 11.3 Å². The molecule has 0 radical (unpaired) electrons. The molecule has 0 aliphatic carbocycles. The molecule has 0 saturated heterocycles. The maximum atomic E-state index is 10.9. The third-order valence-electron chi connectivity index (χ3n) is 2.42. The Labute approximate surface area is 109 Å². The van der Waals surface area contributed by atoms with Gasteiger partial charge in [-0.3, -0.25) is 4.79 Å². The molecule has 0 saturated carbocycles. The fourth-order valence-electron chi connectivity index (χ4n) is 1.45. The summed E-state index contributed by atoms with van der Waals surface area (Å²) in [6, 6.07) is 11.1. The van der Waals surface area contributed by atoms with Crippen LogP contribution in [0.4, 0.5) is 5.69 Å². The number of carbonyl (C=O) groups excluding carboxylic acids is 1. The number of nitrogens with two attached hydrogens (primary N) is 1. The molecule has 0 aliphatic heterocycles. The van der Waals surface area contributed by atoms with Gasteiger partial charge in [0.2, 0.25) is 5.91 Å². The van der Waals surface area contributed by atoms with Crippen molar-refractivity contribution in [2.75, 3.05) is 5.32 Å². The highest BCUT2D eigenvalue weighted by molar-refractivity contribution is 7.10. The summed E-state index contributed by atoms with van der Waals surface area (Å²) in [7, 11) is 0. The summed E-state index contributed by atoms with van der Waals surface area (Å²) in [6.45, 7) is 0.629. The van der Waals surface area contributed by atoms with E-state index in [1.54, 1.807) is 23.6 Å². The predicted octanol–water partition coefficient (Wildman–Crippen LogP) is 2.33. The number of amides is 1. The van der Waals surface area contributed by atoms with Crippen molar-refractivity contribution < 1.29 is 4.79 Å².